The summed E-state index contributed by atoms with van der Waals surface area (Å²) in [6.45, 7) is -0.0792. The van der Waals surface area contributed by atoms with Crippen molar-refractivity contribution in [2.75, 3.05) is 23.5 Å². The number of pyridine rings is 1. The average Bonchev–Trinajstić information content (AvgIpc) is 2.79. The van der Waals surface area contributed by atoms with E-state index in [1.165, 1.54) is 25.3 Å². The first-order chi connectivity index (χ1) is 15.7. The van der Waals surface area contributed by atoms with Gasteiger partial charge in [-0.2, -0.15) is 13.2 Å². The van der Waals surface area contributed by atoms with Crippen LogP contribution in [0.15, 0.2) is 59.7 Å². The SMILES string of the molecule is Cc1cnc(NCCc2ccccn2)c(=O)n1N(Cc1cccc(C(F)(F)F)c1)C(=O)CF. The summed E-state index contributed by atoms with van der Waals surface area (Å²) < 4.78 is 53.4. The van der Waals surface area contributed by atoms with Gasteiger partial charge in [-0.1, -0.05) is 18.2 Å². The van der Waals surface area contributed by atoms with Crippen molar-refractivity contribution < 1.29 is 22.4 Å². The molecule has 0 spiro atoms. The molecule has 1 N–H and O–H groups in total. The van der Waals surface area contributed by atoms with Gasteiger partial charge in [0.1, 0.15) is 0 Å². The Morgan fingerprint density at radius 1 is 1.15 bits per heavy atom. The van der Waals surface area contributed by atoms with E-state index < -0.39 is 36.4 Å². The lowest BCUT2D eigenvalue weighted by Gasteiger charge is -2.26. The number of hydrogen-bond donors (Lipinski definition) is 1. The molecule has 2 heterocycles. The molecule has 0 aliphatic carbocycles. The highest BCUT2D eigenvalue weighted by atomic mass is 19.4. The zero-order valence-electron chi connectivity index (χ0n) is 17.6. The highest BCUT2D eigenvalue weighted by Gasteiger charge is 2.31. The third kappa shape index (κ3) is 5.93. The maximum atomic E-state index is 13.3. The Morgan fingerprint density at radius 3 is 2.61 bits per heavy atom. The Balaban J connectivity index is 1.89. The predicted octanol–water partition coefficient (Wildman–Crippen LogP) is 3.25. The van der Waals surface area contributed by atoms with Gasteiger partial charge in [-0.05, 0) is 36.8 Å². The van der Waals surface area contributed by atoms with E-state index in [1.54, 1.807) is 12.3 Å². The molecule has 2 aromatic heterocycles. The summed E-state index contributed by atoms with van der Waals surface area (Å²) in [5.41, 5.74) is -0.562. The van der Waals surface area contributed by atoms with Crippen molar-refractivity contribution in [2.45, 2.75) is 26.1 Å². The van der Waals surface area contributed by atoms with Crippen molar-refractivity contribution >= 4 is 11.7 Å². The van der Waals surface area contributed by atoms with E-state index in [0.29, 0.717) is 13.0 Å². The van der Waals surface area contributed by atoms with Gasteiger partial charge < -0.3 is 5.32 Å². The van der Waals surface area contributed by atoms with Crippen LogP contribution in [0.25, 0.3) is 0 Å². The molecule has 0 aliphatic rings. The summed E-state index contributed by atoms with van der Waals surface area (Å²) >= 11 is 0. The first-order valence-corrected chi connectivity index (χ1v) is 9.96. The molecule has 0 atom stereocenters. The number of nitrogens with zero attached hydrogens (tertiary/aromatic N) is 4. The second-order valence-electron chi connectivity index (χ2n) is 7.15. The quantitative estimate of drug-likeness (QED) is 0.519. The molecule has 1 aromatic carbocycles. The molecule has 1 amide bonds. The van der Waals surface area contributed by atoms with Gasteiger partial charge in [0.05, 0.1) is 24.0 Å². The number of benzene rings is 1. The molecule has 174 valence electrons. The first-order valence-electron chi connectivity index (χ1n) is 9.96. The van der Waals surface area contributed by atoms with Crippen LogP contribution in [0.3, 0.4) is 0 Å². The van der Waals surface area contributed by atoms with Crippen LogP contribution >= 0.6 is 0 Å². The van der Waals surface area contributed by atoms with Crippen LogP contribution in [-0.4, -0.2) is 33.8 Å². The summed E-state index contributed by atoms with van der Waals surface area (Å²) in [6.07, 6.45) is -1.14. The van der Waals surface area contributed by atoms with Gasteiger partial charge >= 0.3 is 11.7 Å². The van der Waals surface area contributed by atoms with E-state index in [9.17, 15) is 27.2 Å². The fraction of sp³-hybridized carbons (Fsp3) is 0.273. The molecule has 0 saturated heterocycles. The van der Waals surface area contributed by atoms with Crippen molar-refractivity contribution in [3.05, 3.63) is 87.7 Å². The van der Waals surface area contributed by atoms with Crippen LogP contribution in [-0.2, 0) is 23.9 Å². The van der Waals surface area contributed by atoms with Crippen molar-refractivity contribution in [2.24, 2.45) is 0 Å². The number of carbonyl (C=O) groups excluding carboxylic acids is 1. The van der Waals surface area contributed by atoms with Crippen LogP contribution in [0.2, 0.25) is 0 Å². The minimum Gasteiger partial charge on any atom is -0.365 e. The molecular weight excluding hydrogens is 442 g/mol. The monoisotopic (exact) mass is 463 g/mol. The number of amides is 1. The number of hydrogen-bond acceptors (Lipinski definition) is 5. The molecule has 0 saturated carbocycles. The largest absolute Gasteiger partial charge is 0.416 e. The van der Waals surface area contributed by atoms with Gasteiger partial charge in [0, 0.05) is 24.9 Å². The fourth-order valence-corrected chi connectivity index (χ4v) is 3.16. The van der Waals surface area contributed by atoms with E-state index in [2.05, 4.69) is 15.3 Å². The number of halogens is 4. The standard InChI is InChI=1S/C22H21F4N5O2/c1-15-13-29-20(28-10-8-18-7-2-3-9-27-18)21(33)31(15)30(19(32)12-23)14-16-5-4-6-17(11-16)22(24,25)26/h2-7,9,11,13H,8,10,12,14H2,1H3,(H,28,29). The van der Waals surface area contributed by atoms with E-state index >= 15 is 0 Å². The Hall–Kier alpha value is -3.76. The Labute approximate surface area is 186 Å². The van der Waals surface area contributed by atoms with Gasteiger partial charge in [0.15, 0.2) is 12.5 Å². The zero-order valence-corrected chi connectivity index (χ0v) is 17.6. The maximum Gasteiger partial charge on any atom is 0.416 e. The predicted molar refractivity (Wildman–Crippen MR) is 114 cm³/mol. The second-order valence-corrected chi connectivity index (χ2v) is 7.15. The highest BCUT2D eigenvalue weighted by Crippen LogP contribution is 2.29. The molecular formula is C22H21F4N5O2. The average molecular weight is 463 g/mol. The molecule has 33 heavy (non-hydrogen) atoms. The second kappa shape index (κ2) is 10.2. The summed E-state index contributed by atoms with van der Waals surface area (Å²) in [7, 11) is 0. The number of alkyl halides is 4. The molecule has 0 unspecified atom stereocenters. The van der Waals surface area contributed by atoms with E-state index in [1.807, 2.05) is 12.1 Å². The molecule has 3 rings (SSSR count). The van der Waals surface area contributed by atoms with Crippen LogP contribution in [0.1, 0.15) is 22.5 Å². The summed E-state index contributed by atoms with van der Waals surface area (Å²) in [5.74, 6) is -1.17. The molecule has 3 aromatic rings. The normalized spacial score (nSPS) is 11.3. The Bertz CT molecular complexity index is 1170. The third-order valence-electron chi connectivity index (χ3n) is 4.74. The molecule has 0 radical (unpaired) electrons. The number of rotatable bonds is 8. The lowest BCUT2D eigenvalue weighted by atomic mass is 10.1. The number of aryl methyl sites for hydroxylation is 1. The minimum absolute atomic E-state index is 0.0828. The van der Waals surface area contributed by atoms with Gasteiger partial charge in [-0.3, -0.25) is 14.6 Å². The summed E-state index contributed by atoms with van der Waals surface area (Å²) in [6, 6.07) is 9.71. The van der Waals surface area contributed by atoms with Crippen LogP contribution in [0.4, 0.5) is 23.4 Å². The van der Waals surface area contributed by atoms with E-state index in [0.717, 1.165) is 27.5 Å². The first kappa shape index (κ1) is 23.9. The van der Waals surface area contributed by atoms with Crippen molar-refractivity contribution in [1.29, 1.82) is 0 Å². The van der Waals surface area contributed by atoms with Crippen molar-refractivity contribution in [1.82, 2.24) is 14.6 Å². The van der Waals surface area contributed by atoms with E-state index in [-0.39, 0.29) is 17.1 Å². The van der Waals surface area contributed by atoms with Crippen molar-refractivity contribution in [3.8, 4) is 0 Å². The van der Waals surface area contributed by atoms with Gasteiger partial charge in [-0.15, -0.1) is 0 Å². The lowest BCUT2D eigenvalue weighted by molar-refractivity contribution is -0.137. The van der Waals surface area contributed by atoms with Crippen LogP contribution in [0.5, 0.6) is 0 Å². The smallest absolute Gasteiger partial charge is 0.365 e. The van der Waals surface area contributed by atoms with Gasteiger partial charge in [0.25, 0.3) is 5.91 Å². The van der Waals surface area contributed by atoms with Crippen LogP contribution in [0, 0.1) is 6.92 Å². The van der Waals surface area contributed by atoms with E-state index in [4.69, 9.17) is 0 Å². The Morgan fingerprint density at radius 2 is 1.94 bits per heavy atom. The third-order valence-corrected chi connectivity index (χ3v) is 4.74. The number of carbonyl (C=O) groups is 1. The lowest BCUT2D eigenvalue weighted by Crippen LogP contribution is -2.48. The summed E-state index contributed by atoms with van der Waals surface area (Å²) in [4.78, 5) is 33.6. The molecule has 11 heteroatoms. The number of anilines is 1. The minimum atomic E-state index is -4.58. The maximum absolute atomic E-state index is 13.3. The van der Waals surface area contributed by atoms with Gasteiger partial charge in [0.2, 0.25) is 0 Å². The number of nitrogens with one attached hydrogen (secondary N) is 1. The fourth-order valence-electron chi connectivity index (χ4n) is 3.16. The van der Waals surface area contributed by atoms with Crippen LogP contribution < -0.4 is 15.9 Å². The Kier molecular flexibility index (Phi) is 7.41. The van der Waals surface area contributed by atoms with Crippen molar-refractivity contribution in [3.63, 3.8) is 0 Å². The molecule has 0 bridgehead atoms. The number of aromatic nitrogens is 3. The summed E-state index contributed by atoms with van der Waals surface area (Å²) in [5, 5.41) is 3.65. The molecule has 7 nitrogen and oxygen atoms in total. The topological polar surface area (TPSA) is 80.1 Å². The zero-order chi connectivity index (χ0) is 24.0. The van der Waals surface area contributed by atoms with Gasteiger partial charge in [-0.25, -0.2) is 19.1 Å². The highest BCUT2D eigenvalue weighted by molar-refractivity contribution is 5.87. The molecule has 0 fully saturated rings. The molecule has 0 aliphatic heterocycles.